The highest BCUT2D eigenvalue weighted by Gasteiger charge is 2.46. The maximum atomic E-state index is 11.1. The smallest absolute Gasteiger partial charge is 0.364 e. The zero-order valence-electron chi connectivity index (χ0n) is 10.0. The van der Waals surface area contributed by atoms with Gasteiger partial charge in [-0.2, -0.15) is 0 Å². The number of anilines is 1. The van der Waals surface area contributed by atoms with E-state index in [0.717, 1.165) is 12.5 Å². The number of nitro groups is 1. The Hall–Kier alpha value is -2.18. The first-order chi connectivity index (χ1) is 8.31. The number of aromatic nitrogens is 1. The van der Waals surface area contributed by atoms with E-state index in [1.807, 2.05) is 0 Å². The molecule has 0 amide bonds. The molecule has 1 heterocycles. The standard InChI is InChI=1S/C11H13N3O4/c1-11(2)4-8(11)13-7-5-12-9(14(17)18)3-6(7)10(15)16/h3,5,8,13H,4H2,1-2H3,(H,15,16). The van der Waals surface area contributed by atoms with E-state index < -0.39 is 16.7 Å². The fourth-order valence-electron chi connectivity index (χ4n) is 1.74. The molecule has 0 bridgehead atoms. The lowest BCUT2D eigenvalue weighted by molar-refractivity contribution is -0.389. The van der Waals surface area contributed by atoms with E-state index in [0.29, 0.717) is 5.69 Å². The van der Waals surface area contributed by atoms with E-state index in [4.69, 9.17) is 5.11 Å². The zero-order chi connectivity index (χ0) is 13.5. The molecule has 7 heteroatoms. The summed E-state index contributed by atoms with van der Waals surface area (Å²) in [6, 6.07) is 1.15. The Balaban J connectivity index is 2.29. The van der Waals surface area contributed by atoms with Gasteiger partial charge >= 0.3 is 11.8 Å². The maximum absolute atomic E-state index is 11.1. The second-order valence-electron chi connectivity index (χ2n) is 5.04. The first-order valence-corrected chi connectivity index (χ1v) is 5.45. The summed E-state index contributed by atoms with van der Waals surface area (Å²) < 4.78 is 0. The molecule has 2 N–H and O–H groups in total. The van der Waals surface area contributed by atoms with Gasteiger partial charge in [-0.1, -0.05) is 13.8 Å². The third-order valence-electron chi connectivity index (χ3n) is 3.15. The summed E-state index contributed by atoms with van der Waals surface area (Å²) >= 11 is 0. The van der Waals surface area contributed by atoms with Crippen molar-refractivity contribution in [1.82, 2.24) is 4.98 Å². The summed E-state index contributed by atoms with van der Waals surface area (Å²) in [5.41, 5.74) is 0.320. The van der Waals surface area contributed by atoms with Gasteiger partial charge in [-0.3, -0.25) is 0 Å². The number of hydrogen-bond acceptors (Lipinski definition) is 5. The highest BCUT2D eigenvalue weighted by molar-refractivity contribution is 5.94. The summed E-state index contributed by atoms with van der Waals surface area (Å²) in [5, 5.41) is 22.7. The molecule has 1 aliphatic rings. The van der Waals surface area contributed by atoms with Crippen molar-refractivity contribution in [2.24, 2.45) is 5.41 Å². The Labute approximate surface area is 103 Å². The van der Waals surface area contributed by atoms with Gasteiger partial charge in [0.25, 0.3) is 0 Å². The molecule has 0 saturated heterocycles. The second kappa shape index (κ2) is 3.94. The van der Waals surface area contributed by atoms with E-state index in [2.05, 4.69) is 24.1 Å². The van der Waals surface area contributed by atoms with Crippen LogP contribution in [0.2, 0.25) is 0 Å². The quantitative estimate of drug-likeness (QED) is 0.625. The largest absolute Gasteiger partial charge is 0.478 e. The van der Waals surface area contributed by atoms with Crippen LogP contribution in [-0.4, -0.2) is 27.0 Å². The van der Waals surface area contributed by atoms with Gasteiger partial charge in [0.2, 0.25) is 0 Å². The summed E-state index contributed by atoms with van der Waals surface area (Å²) in [4.78, 5) is 24.5. The predicted octanol–water partition coefficient (Wildman–Crippen LogP) is 1.90. The first kappa shape index (κ1) is 12.3. The van der Waals surface area contributed by atoms with E-state index in [1.165, 1.54) is 6.20 Å². The minimum Gasteiger partial charge on any atom is -0.478 e. The second-order valence-corrected chi connectivity index (χ2v) is 5.04. The van der Waals surface area contributed by atoms with Crippen molar-refractivity contribution >= 4 is 17.5 Å². The Morgan fingerprint density at radius 3 is 2.72 bits per heavy atom. The topological polar surface area (TPSA) is 105 Å². The van der Waals surface area contributed by atoms with Gasteiger partial charge in [0.15, 0.2) is 6.20 Å². The number of aromatic carboxylic acids is 1. The number of pyridine rings is 1. The molecule has 1 fully saturated rings. The lowest BCUT2D eigenvalue weighted by atomic mass is 10.1. The van der Waals surface area contributed by atoms with Crippen LogP contribution in [0.3, 0.4) is 0 Å². The molecule has 1 aliphatic carbocycles. The molecular formula is C11H13N3O4. The first-order valence-electron chi connectivity index (χ1n) is 5.45. The number of carbonyl (C=O) groups is 1. The highest BCUT2D eigenvalue weighted by atomic mass is 16.6. The van der Waals surface area contributed by atoms with Crippen molar-refractivity contribution in [3.63, 3.8) is 0 Å². The van der Waals surface area contributed by atoms with E-state index in [-0.39, 0.29) is 17.0 Å². The Bertz CT molecular complexity index is 527. The normalized spacial score (nSPS) is 20.2. The van der Waals surface area contributed by atoms with Gasteiger partial charge < -0.3 is 20.5 Å². The Kier molecular flexibility index (Phi) is 2.68. The molecule has 18 heavy (non-hydrogen) atoms. The fraction of sp³-hybridized carbons (Fsp3) is 0.455. The van der Waals surface area contributed by atoms with Crippen LogP contribution >= 0.6 is 0 Å². The Morgan fingerprint density at radius 2 is 2.28 bits per heavy atom. The molecule has 2 rings (SSSR count). The molecule has 1 unspecified atom stereocenters. The molecule has 0 radical (unpaired) electrons. The van der Waals surface area contributed by atoms with Crippen molar-refractivity contribution in [2.75, 3.05) is 5.32 Å². The molecule has 1 atom stereocenters. The number of nitrogens with one attached hydrogen (secondary N) is 1. The Morgan fingerprint density at radius 1 is 1.67 bits per heavy atom. The van der Waals surface area contributed by atoms with Crippen LogP contribution in [0.4, 0.5) is 11.5 Å². The van der Waals surface area contributed by atoms with Crippen molar-refractivity contribution in [3.8, 4) is 0 Å². The number of rotatable bonds is 4. The maximum Gasteiger partial charge on any atom is 0.364 e. The van der Waals surface area contributed by atoms with Crippen LogP contribution in [-0.2, 0) is 0 Å². The van der Waals surface area contributed by atoms with E-state index in [9.17, 15) is 14.9 Å². The van der Waals surface area contributed by atoms with Crippen LogP contribution in [0.15, 0.2) is 12.3 Å². The number of carboxylic acids is 1. The molecule has 1 aromatic rings. The average Bonchev–Trinajstić information content (AvgIpc) is 2.85. The lowest BCUT2D eigenvalue weighted by Crippen LogP contribution is -2.13. The van der Waals surface area contributed by atoms with Crippen molar-refractivity contribution < 1.29 is 14.8 Å². The van der Waals surface area contributed by atoms with Crippen LogP contribution in [0.5, 0.6) is 0 Å². The predicted molar refractivity (Wildman–Crippen MR) is 63.7 cm³/mol. The van der Waals surface area contributed by atoms with Crippen molar-refractivity contribution in [3.05, 3.63) is 27.9 Å². The van der Waals surface area contributed by atoms with Gasteiger partial charge in [-0.05, 0) is 21.7 Å². The molecule has 7 nitrogen and oxygen atoms in total. The molecular weight excluding hydrogens is 238 g/mol. The zero-order valence-corrected chi connectivity index (χ0v) is 10.0. The number of hydrogen-bond donors (Lipinski definition) is 2. The third-order valence-corrected chi connectivity index (χ3v) is 3.15. The summed E-state index contributed by atoms with van der Waals surface area (Å²) in [6.07, 6.45) is 2.14. The van der Waals surface area contributed by atoms with Crippen LogP contribution in [0.1, 0.15) is 30.6 Å². The summed E-state index contributed by atoms with van der Waals surface area (Å²) in [7, 11) is 0. The van der Waals surface area contributed by atoms with E-state index in [1.54, 1.807) is 0 Å². The minimum absolute atomic E-state index is 0.123. The fourth-order valence-corrected chi connectivity index (χ4v) is 1.74. The van der Waals surface area contributed by atoms with Crippen LogP contribution < -0.4 is 5.32 Å². The highest BCUT2D eigenvalue weighted by Crippen LogP contribution is 2.46. The molecule has 1 aromatic heterocycles. The van der Waals surface area contributed by atoms with Crippen molar-refractivity contribution in [2.45, 2.75) is 26.3 Å². The van der Waals surface area contributed by atoms with Gasteiger partial charge in [-0.25, -0.2) is 4.79 Å². The minimum atomic E-state index is -1.21. The third kappa shape index (κ3) is 2.24. The lowest BCUT2D eigenvalue weighted by Gasteiger charge is -2.09. The van der Waals surface area contributed by atoms with Crippen LogP contribution in [0.25, 0.3) is 0 Å². The van der Waals surface area contributed by atoms with Crippen molar-refractivity contribution in [1.29, 1.82) is 0 Å². The average molecular weight is 251 g/mol. The summed E-state index contributed by atoms with van der Waals surface area (Å²) in [6.45, 7) is 4.12. The molecule has 0 spiro atoms. The van der Waals surface area contributed by atoms with E-state index >= 15 is 0 Å². The molecule has 1 saturated carbocycles. The number of carboxylic acid groups (broad SMARTS) is 1. The summed E-state index contributed by atoms with van der Waals surface area (Å²) in [5.74, 6) is -1.67. The van der Waals surface area contributed by atoms with Crippen LogP contribution in [0, 0.1) is 15.5 Å². The van der Waals surface area contributed by atoms with Gasteiger partial charge in [0.1, 0.15) is 0 Å². The monoisotopic (exact) mass is 251 g/mol. The number of nitrogens with zero attached hydrogens (tertiary/aromatic N) is 2. The van der Waals surface area contributed by atoms with Gasteiger partial charge in [-0.15, -0.1) is 0 Å². The SMILES string of the molecule is CC1(C)CC1Nc1cnc([N+](=O)[O-])cc1C(=O)O. The van der Waals surface area contributed by atoms with Gasteiger partial charge in [0.05, 0.1) is 17.3 Å². The molecule has 0 aromatic carbocycles. The molecule has 0 aliphatic heterocycles. The van der Waals surface area contributed by atoms with Gasteiger partial charge in [0, 0.05) is 6.04 Å². The molecule has 96 valence electrons.